The Morgan fingerprint density at radius 1 is 1.48 bits per heavy atom. The van der Waals surface area contributed by atoms with Gasteiger partial charge in [-0.2, -0.15) is 0 Å². The normalized spacial score (nSPS) is 19.7. The van der Waals surface area contributed by atoms with Crippen LogP contribution in [0.1, 0.15) is 13.3 Å². The van der Waals surface area contributed by atoms with E-state index in [2.05, 4.69) is 5.32 Å². The molecule has 2 rings (SSSR count). The van der Waals surface area contributed by atoms with Crippen molar-refractivity contribution < 1.29 is 17.9 Å². The molecule has 0 aliphatic carbocycles. The number of hydrogen-bond donors (Lipinski definition) is 1. The zero-order valence-corrected chi connectivity index (χ0v) is 14.8. The van der Waals surface area contributed by atoms with E-state index >= 15 is 0 Å². The zero-order valence-electron chi connectivity index (χ0n) is 13.2. The van der Waals surface area contributed by atoms with Crippen molar-refractivity contribution in [1.82, 2.24) is 4.90 Å². The standard InChI is InChI=1S/C15H21ClN2O4S/c1-3-18(12-6-7-23(20,21)10-12)9-15(19)17-11-4-5-14(22-2)13(16)8-11/h4-5,8,12H,3,6-7,9-10H2,1-2H3,(H,17,19). The third-order valence-corrected chi connectivity index (χ3v) is 5.96. The lowest BCUT2D eigenvalue weighted by molar-refractivity contribution is -0.117. The summed E-state index contributed by atoms with van der Waals surface area (Å²) in [7, 11) is -1.44. The first-order valence-corrected chi connectivity index (χ1v) is 9.62. The molecular formula is C15H21ClN2O4S. The van der Waals surface area contributed by atoms with Crippen LogP contribution in [0.5, 0.6) is 5.75 Å². The molecule has 1 atom stereocenters. The molecule has 23 heavy (non-hydrogen) atoms. The Morgan fingerprint density at radius 2 is 2.22 bits per heavy atom. The van der Waals surface area contributed by atoms with E-state index in [1.165, 1.54) is 7.11 Å². The minimum atomic E-state index is -2.96. The van der Waals surface area contributed by atoms with Crippen molar-refractivity contribution >= 4 is 33.0 Å². The maximum absolute atomic E-state index is 12.2. The fraction of sp³-hybridized carbons (Fsp3) is 0.533. The summed E-state index contributed by atoms with van der Waals surface area (Å²) in [4.78, 5) is 14.1. The Morgan fingerprint density at radius 3 is 2.74 bits per heavy atom. The number of hydrogen-bond acceptors (Lipinski definition) is 5. The van der Waals surface area contributed by atoms with E-state index in [1.807, 2.05) is 11.8 Å². The number of carbonyl (C=O) groups is 1. The molecule has 1 aromatic carbocycles. The number of amides is 1. The summed E-state index contributed by atoms with van der Waals surface area (Å²) in [6, 6.07) is 4.92. The molecule has 1 unspecified atom stereocenters. The summed E-state index contributed by atoms with van der Waals surface area (Å²) in [5, 5.41) is 3.19. The molecular weight excluding hydrogens is 340 g/mol. The highest BCUT2D eigenvalue weighted by atomic mass is 35.5. The molecule has 1 N–H and O–H groups in total. The average molecular weight is 361 g/mol. The second-order valence-electron chi connectivity index (χ2n) is 5.52. The summed E-state index contributed by atoms with van der Waals surface area (Å²) in [6.07, 6.45) is 0.581. The van der Waals surface area contributed by atoms with Gasteiger partial charge in [-0.15, -0.1) is 0 Å². The lowest BCUT2D eigenvalue weighted by Gasteiger charge is -2.25. The summed E-state index contributed by atoms with van der Waals surface area (Å²) in [5.74, 6) is 0.667. The van der Waals surface area contributed by atoms with Crippen molar-refractivity contribution in [2.75, 3.05) is 37.0 Å². The van der Waals surface area contributed by atoms with Gasteiger partial charge in [0.2, 0.25) is 5.91 Å². The van der Waals surface area contributed by atoms with Crippen LogP contribution in [0.25, 0.3) is 0 Å². The minimum absolute atomic E-state index is 0.0878. The Labute approximate surface area is 141 Å². The molecule has 1 aromatic rings. The van der Waals surface area contributed by atoms with Crippen molar-refractivity contribution in [3.05, 3.63) is 23.2 Å². The van der Waals surface area contributed by atoms with Crippen molar-refractivity contribution in [3.8, 4) is 5.75 Å². The van der Waals surface area contributed by atoms with Crippen LogP contribution in [0.4, 0.5) is 5.69 Å². The Bertz CT molecular complexity index is 678. The first-order chi connectivity index (χ1) is 10.8. The van der Waals surface area contributed by atoms with E-state index in [4.69, 9.17) is 16.3 Å². The monoisotopic (exact) mass is 360 g/mol. The van der Waals surface area contributed by atoms with Gasteiger partial charge in [-0.3, -0.25) is 9.69 Å². The summed E-state index contributed by atoms with van der Waals surface area (Å²) in [5.41, 5.74) is 0.580. The second-order valence-corrected chi connectivity index (χ2v) is 8.15. The van der Waals surface area contributed by atoms with Crippen molar-refractivity contribution in [2.24, 2.45) is 0 Å². The number of benzene rings is 1. The number of methoxy groups -OCH3 is 1. The lowest BCUT2D eigenvalue weighted by Crippen LogP contribution is -2.41. The highest BCUT2D eigenvalue weighted by Gasteiger charge is 2.32. The topological polar surface area (TPSA) is 75.7 Å². The number of likely N-dealkylation sites (N-methyl/N-ethyl adjacent to an activating group) is 1. The van der Waals surface area contributed by atoms with Crippen LogP contribution in [-0.4, -0.2) is 57.0 Å². The molecule has 1 aliphatic heterocycles. The van der Waals surface area contributed by atoms with Gasteiger partial charge in [0, 0.05) is 11.7 Å². The molecule has 8 heteroatoms. The van der Waals surface area contributed by atoms with E-state index in [-0.39, 0.29) is 30.0 Å². The molecule has 1 fully saturated rings. The number of nitrogens with one attached hydrogen (secondary N) is 1. The molecule has 1 amide bonds. The lowest BCUT2D eigenvalue weighted by atomic mass is 10.2. The summed E-state index contributed by atoms with van der Waals surface area (Å²) in [6.45, 7) is 2.69. The quantitative estimate of drug-likeness (QED) is 0.837. The molecule has 6 nitrogen and oxygen atoms in total. The molecule has 0 bridgehead atoms. The van der Waals surface area contributed by atoms with E-state index in [0.717, 1.165) is 0 Å². The summed E-state index contributed by atoms with van der Waals surface area (Å²) >= 11 is 6.03. The van der Waals surface area contributed by atoms with E-state index < -0.39 is 9.84 Å². The first-order valence-electron chi connectivity index (χ1n) is 7.42. The van der Waals surface area contributed by atoms with Gasteiger partial charge < -0.3 is 10.1 Å². The van der Waals surface area contributed by atoms with Crippen LogP contribution < -0.4 is 10.1 Å². The number of ether oxygens (including phenoxy) is 1. The van der Waals surface area contributed by atoms with Gasteiger partial charge in [0.1, 0.15) is 5.75 Å². The largest absolute Gasteiger partial charge is 0.495 e. The van der Waals surface area contributed by atoms with Gasteiger partial charge in [-0.05, 0) is 31.2 Å². The molecule has 1 aliphatic rings. The van der Waals surface area contributed by atoms with E-state index in [0.29, 0.717) is 29.4 Å². The molecule has 1 saturated heterocycles. The zero-order chi connectivity index (χ0) is 17.0. The first kappa shape index (κ1) is 18.0. The molecule has 0 aromatic heterocycles. The van der Waals surface area contributed by atoms with Gasteiger partial charge in [0.25, 0.3) is 0 Å². The van der Waals surface area contributed by atoms with E-state index in [1.54, 1.807) is 18.2 Å². The summed E-state index contributed by atoms with van der Waals surface area (Å²) < 4.78 is 28.2. The number of anilines is 1. The van der Waals surface area contributed by atoms with Crippen LogP contribution in [0.2, 0.25) is 5.02 Å². The molecule has 0 radical (unpaired) electrons. The van der Waals surface area contributed by atoms with Gasteiger partial charge >= 0.3 is 0 Å². The van der Waals surface area contributed by atoms with E-state index in [9.17, 15) is 13.2 Å². The average Bonchev–Trinajstić information content (AvgIpc) is 2.85. The number of carbonyl (C=O) groups excluding carboxylic acids is 1. The maximum atomic E-state index is 12.2. The van der Waals surface area contributed by atoms with Gasteiger partial charge in [-0.25, -0.2) is 8.42 Å². The van der Waals surface area contributed by atoms with Gasteiger partial charge in [0.05, 0.1) is 30.2 Å². The Kier molecular flexibility index (Phi) is 5.89. The fourth-order valence-electron chi connectivity index (χ4n) is 2.69. The minimum Gasteiger partial charge on any atom is -0.495 e. The third kappa shape index (κ3) is 4.83. The van der Waals surface area contributed by atoms with Crippen LogP contribution in [0.15, 0.2) is 18.2 Å². The number of sulfone groups is 1. The third-order valence-electron chi connectivity index (χ3n) is 3.91. The predicted octanol–water partition coefficient (Wildman–Crippen LogP) is 1.80. The van der Waals surface area contributed by atoms with Crippen molar-refractivity contribution in [2.45, 2.75) is 19.4 Å². The van der Waals surface area contributed by atoms with Crippen LogP contribution in [-0.2, 0) is 14.6 Å². The smallest absolute Gasteiger partial charge is 0.238 e. The van der Waals surface area contributed by atoms with Crippen LogP contribution >= 0.6 is 11.6 Å². The highest BCUT2D eigenvalue weighted by Crippen LogP contribution is 2.27. The number of nitrogens with zero attached hydrogens (tertiary/aromatic N) is 1. The number of rotatable bonds is 6. The van der Waals surface area contributed by atoms with Crippen LogP contribution in [0, 0.1) is 0 Å². The predicted molar refractivity (Wildman–Crippen MR) is 90.9 cm³/mol. The highest BCUT2D eigenvalue weighted by molar-refractivity contribution is 7.91. The molecule has 0 spiro atoms. The maximum Gasteiger partial charge on any atom is 0.238 e. The van der Waals surface area contributed by atoms with Crippen molar-refractivity contribution in [3.63, 3.8) is 0 Å². The van der Waals surface area contributed by atoms with Gasteiger partial charge in [0.15, 0.2) is 9.84 Å². The molecule has 128 valence electrons. The fourth-order valence-corrected chi connectivity index (χ4v) is 4.71. The number of halogens is 1. The SMILES string of the molecule is CCN(CC(=O)Nc1ccc(OC)c(Cl)c1)C1CCS(=O)(=O)C1. The molecule has 0 saturated carbocycles. The Balaban J connectivity index is 1.96. The van der Waals surface area contributed by atoms with Crippen molar-refractivity contribution in [1.29, 1.82) is 0 Å². The Hall–Kier alpha value is -1.31. The second kappa shape index (κ2) is 7.51. The van der Waals surface area contributed by atoms with Gasteiger partial charge in [-0.1, -0.05) is 18.5 Å². The van der Waals surface area contributed by atoms with Crippen LogP contribution in [0.3, 0.4) is 0 Å². The molecule has 1 heterocycles.